The van der Waals surface area contributed by atoms with Crippen LogP contribution in [-0.2, 0) is 4.74 Å². The van der Waals surface area contributed by atoms with Crippen molar-refractivity contribution in [2.24, 2.45) is 11.7 Å². The van der Waals surface area contributed by atoms with Gasteiger partial charge in [-0.3, -0.25) is 4.90 Å². The molecule has 1 aliphatic rings. The smallest absolute Gasteiger partial charge is 0.0506 e. The molecule has 2 atom stereocenters. The van der Waals surface area contributed by atoms with Crippen molar-refractivity contribution in [1.29, 1.82) is 0 Å². The first-order valence-corrected chi connectivity index (χ1v) is 7.98. The first-order chi connectivity index (χ1) is 9.11. The highest BCUT2D eigenvalue weighted by Gasteiger charge is 2.23. The lowest BCUT2D eigenvalue weighted by atomic mass is 9.99. The molecule has 0 aliphatic carbocycles. The average molecular weight is 282 g/mol. The second kappa shape index (κ2) is 6.84. The van der Waals surface area contributed by atoms with Crippen LogP contribution in [0.5, 0.6) is 0 Å². The SMILES string of the molecule is Cc1cc(C(CN)N(C)CC2CCCOC2)c(C)s1. The highest BCUT2D eigenvalue weighted by Crippen LogP contribution is 2.30. The van der Waals surface area contributed by atoms with Gasteiger partial charge in [0.2, 0.25) is 0 Å². The normalized spacial score (nSPS) is 21.8. The van der Waals surface area contributed by atoms with Crippen molar-refractivity contribution in [1.82, 2.24) is 4.90 Å². The summed E-state index contributed by atoms with van der Waals surface area (Å²) in [4.78, 5) is 5.19. The molecular formula is C15H26N2OS. The van der Waals surface area contributed by atoms with Gasteiger partial charge >= 0.3 is 0 Å². The molecule has 3 nitrogen and oxygen atoms in total. The zero-order valence-corrected chi connectivity index (χ0v) is 13.1. The van der Waals surface area contributed by atoms with Gasteiger partial charge in [-0.25, -0.2) is 0 Å². The Labute approximate surface area is 120 Å². The Hall–Kier alpha value is -0.420. The van der Waals surface area contributed by atoms with Crippen LogP contribution < -0.4 is 5.73 Å². The maximum absolute atomic E-state index is 6.02. The van der Waals surface area contributed by atoms with Crippen LogP contribution in [-0.4, -0.2) is 38.3 Å². The van der Waals surface area contributed by atoms with Crippen LogP contribution in [0.2, 0.25) is 0 Å². The Morgan fingerprint density at radius 3 is 2.84 bits per heavy atom. The van der Waals surface area contributed by atoms with Gasteiger partial charge in [0.05, 0.1) is 6.61 Å². The van der Waals surface area contributed by atoms with Gasteiger partial charge in [0.15, 0.2) is 0 Å². The summed E-state index contributed by atoms with van der Waals surface area (Å²) >= 11 is 1.87. The van der Waals surface area contributed by atoms with Crippen LogP contribution in [0.3, 0.4) is 0 Å². The van der Waals surface area contributed by atoms with Crippen LogP contribution in [0.25, 0.3) is 0 Å². The summed E-state index contributed by atoms with van der Waals surface area (Å²) in [5.41, 5.74) is 7.43. The number of rotatable bonds is 5. The van der Waals surface area contributed by atoms with Gasteiger partial charge in [-0.05, 0) is 51.3 Å². The van der Waals surface area contributed by atoms with Crippen LogP contribution >= 0.6 is 11.3 Å². The number of nitrogens with zero attached hydrogens (tertiary/aromatic N) is 1. The quantitative estimate of drug-likeness (QED) is 0.902. The number of aryl methyl sites for hydroxylation is 2. The van der Waals surface area contributed by atoms with Gasteiger partial charge in [-0.1, -0.05) is 0 Å². The van der Waals surface area contributed by atoms with Gasteiger partial charge in [0, 0.05) is 35.5 Å². The van der Waals surface area contributed by atoms with Gasteiger partial charge in [-0.15, -0.1) is 11.3 Å². The molecule has 0 amide bonds. The zero-order valence-electron chi connectivity index (χ0n) is 12.3. The lowest BCUT2D eigenvalue weighted by Crippen LogP contribution is -2.36. The second-order valence-electron chi connectivity index (χ2n) is 5.64. The van der Waals surface area contributed by atoms with Crippen molar-refractivity contribution >= 4 is 11.3 Å². The molecule has 4 heteroatoms. The summed E-state index contributed by atoms with van der Waals surface area (Å²) in [6.07, 6.45) is 2.48. The van der Waals surface area contributed by atoms with Crippen molar-refractivity contribution in [3.63, 3.8) is 0 Å². The van der Waals surface area contributed by atoms with E-state index in [2.05, 4.69) is 31.9 Å². The van der Waals surface area contributed by atoms with Crippen molar-refractivity contribution in [2.45, 2.75) is 32.7 Å². The van der Waals surface area contributed by atoms with E-state index in [0.29, 0.717) is 18.5 Å². The topological polar surface area (TPSA) is 38.5 Å². The molecule has 1 saturated heterocycles. The van der Waals surface area contributed by atoms with E-state index in [1.165, 1.54) is 28.2 Å². The number of ether oxygens (including phenoxy) is 1. The molecule has 108 valence electrons. The third-order valence-electron chi connectivity index (χ3n) is 3.99. The van der Waals surface area contributed by atoms with Gasteiger partial charge < -0.3 is 10.5 Å². The highest BCUT2D eigenvalue weighted by atomic mass is 32.1. The lowest BCUT2D eigenvalue weighted by molar-refractivity contribution is 0.0365. The standard InChI is InChI=1S/C15H26N2OS/c1-11-7-14(12(2)19-11)15(8-16)17(3)9-13-5-4-6-18-10-13/h7,13,15H,4-6,8-10,16H2,1-3H3. The Balaban J connectivity index is 2.01. The molecule has 0 spiro atoms. The molecule has 19 heavy (non-hydrogen) atoms. The first kappa shape index (κ1) is 15.0. The second-order valence-corrected chi connectivity index (χ2v) is 7.10. The minimum absolute atomic E-state index is 0.340. The molecule has 1 aromatic heterocycles. The summed E-state index contributed by atoms with van der Waals surface area (Å²) in [5.74, 6) is 0.660. The lowest BCUT2D eigenvalue weighted by Gasteiger charge is -2.32. The predicted octanol–water partition coefficient (Wildman–Crippen LogP) is 2.72. The number of hydrogen-bond donors (Lipinski definition) is 1. The van der Waals surface area contributed by atoms with Gasteiger partial charge in [0.25, 0.3) is 0 Å². The largest absolute Gasteiger partial charge is 0.381 e. The van der Waals surface area contributed by atoms with Crippen LogP contribution in [0, 0.1) is 19.8 Å². The fourth-order valence-corrected chi connectivity index (χ4v) is 3.99. The van der Waals surface area contributed by atoms with E-state index in [9.17, 15) is 0 Å². The van der Waals surface area contributed by atoms with Crippen molar-refractivity contribution in [3.8, 4) is 0 Å². The predicted molar refractivity (Wildman–Crippen MR) is 81.8 cm³/mol. The molecule has 0 aromatic carbocycles. The fraction of sp³-hybridized carbons (Fsp3) is 0.733. The molecule has 1 fully saturated rings. The summed E-state index contributed by atoms with van der Waals surface area (Å²) in [6.45, 7) is 7.97. The molecule has 2 unspecified atom stereocenters. The number of likely N-dealkylation sites (N-methyl/N-ethyl adjacent to an activating group) is 1. The monoisotopic (exact) mass is 282 g/mol. The van der Waals surface area contributed by atoms with Crippen molar-refractivity contribution in [3.05, 3.63) is 21.4 Å². The average Bonchev–Trinajstić information content (AvgIpc) is 2.71. The minimum atomic E-state index is 0.340. The first-order valence-electron chi connectivity index (χ1n) is 7.16. The molecule has 2 rings (SSSR count). The van der Waals surface area contributed by atoms with E-state index in [4.69, 9.17) is 10.5 Å². The Morgan fingerprint density at radius 1 is 1.53 bits per heavy atom. The van der Waals surface area contributed by atoms with Gasteiger partial charge in [-0.2, -0.15) is 0 Å². The molecule has 0 radical (unpaired) electrons. The fourth-order valence-electron chi connectivity index (χ4n) is 3.01. The molecule has 1 aliphatic heterocycles. The minimum Gasteiger partial charge on any atom is -0.381 e. The zero-order chi connectivity index (χ0) is 13.8. The molecule has 0 saturated carbocycles. The molecule has 1 aromatic rings. The third-order valence-corrected chi connectivity index (χ3v) is 4.98. The number of nitrogens with two attached hydrogens (primary N) is 1. The van der Waals surface area contributed by atoms with Crippen molar-refractivity contribution < 1.29 is 4.74 Å². The highest BCUT2D eigenvalue weighted by molar-refractivity contribution is 7.12. The van der Waals surface area contributed by atoms with Crippen LogP contribution in [0.15, 0.2) is 6.07 Å². The maximum atomic E-state index is 6.02. The van der Waals surface area contributed by atoms with E-state index in [-0.39, 0.29) is 0 Å². The summed E-state index contributed by atoms with van der Waals surface area (Å²) in [5, 5.41) is 0. The maximum Gasteiger partial charge on any atom is 0.0506 e. The molecule has 0 bridgehead atoms. The molecule has 2 N–H and O–H groups in total. The van der Waals surface area contributed by atoms with E-state index in [1.54, 1.807) is 0 Å². The summed E-state index contributed by atoms with van der Waals surface area (Å²) in [7, 11) is 2.19. The Bertz CT molecular complexity index is 399. The van der Waals surface area contributed by atoms with E-state index in [0.717, 1.165) is 19.8 Å². The Morgan fingerprint density at radius 2 is 2.32 bits per heavy atom. The summed E-state index contributed by atoms with van der Waals surface area (Å²) < 4.78 is 5.57. The third kappa shape index (κ3) is 3.78. The van der Waals surface area contributed by atoms with Crippen LogP contribution in [0.1, 0.15) is 34.2 Å². The van der Waals surface area contributed by atoms with E-state index >= 15 is 0 Å². The van der Waals surface area contributed by atoms with E-state index < -0.39 is 0 Å². The Kier molecular flexibility index (Phi) is 5.39. The van der Waals surface area contributed by atoms with E-state index in [1.807, 2.05) is 11.3 Å². The van der Waals surface area contributed by atoms with Crippen LogP contribution in [0.4, 0.5) is 0 Å². The summed E-state index contributed by atoms with van der Waals surface area (Å²) in [6, 6.07) is 2.64. The molecule has 2 heterocycles. The number of hydrogen-bond acceptors (Lipinski definition) is 4. The van der Waals surface area contributed by atoms with Crippen molar-refractivity contribution in [2.75, 3.05) is 33.4 Å². The van der Waals surface area contributed by atoms with Gasteiger partial charge in [0.1, 0.15) is 0 Å². The molecular weight excluding hydrogens is 256 g/mol. The number of thiophene rings is 1.